The lowest BCUT2D eigenvalue weighted by atomic mass is 10.1. The van der Waals surface area contributed by atoms with Gasteiger partial charge < -0.3 is 10.6 Å². The fourth-order valence-electron chi connectivity index (χ4n) is 3.12. The number of carbonyl (C=O) groups is 2. The Kier molecular flexibility index (Phi) is 6.67. The summed E-state index contributed by atoms with van der Waals surface area (Å²) in [6, 6.07) is 17.1. The Morgan fingerprint density at radius 1 is 1.00 bits per heavy atom. The van der Waals surface area contributed by atoms with Gasteiger partial charge in [-0.05, 0) is 55.3 Å². The van der Waals surface area contributed by atoms with Crippen LogP contribution in [0.3, 0.4) is 0 Å². The van der Waals surface area contributed by atoms with Crippen LogP contribution in [0.2, 0.25) is 0 Å². The third-order valence-electron chi connectivity index (χ3n) is 4.82. The predicted octanol–water partition coefficient (Wildman–Crippen LogP) is 4.07. The molecule has 0 aliphatic rings. The summed E-state index contributed by atoms with van der Waals surface area (Å²) in [6.45, 7) is 8.84. The normalized spacial score (nSPS) is 10.8. The maximum Gasteiger partial charge on any atom is 0.251 e. The number of anilines is 1. The summed E-state index contributed by atoms with van der Waals surface area (Å²) in [6.07, 6.45) is 0. The zero-order valence-corrected chi connectivity index (χ0v) is 17.9. The highest BCUT2D eigenvalue weighted by atomic mass is 16.2. The summed E-state index contributed by atoms with van der Waals surface area (Å²) in [5.74, 6) is -0.293. The van der Waals surface area contributed by atoms with E-state index < -0.39 is 0 Å². The molecule has 0 aliphatic heterocycles. The second-order valence-corrected chi connectivity index (χ2v) is 7.81. The van der Waals surface area contributed by atoms with Crippen molar-refractivity contribution in [1.29, 1.82) is 0 Å². The molecule has 2 aromatic carbocycles. The van der Waals surface area contributed by atoms with E-state index in [1.54, 1.807) is 24.3 Å². The van der Waals surface area contributed by atoms with Crippen LogP contribution in [0.25, 0.3) is 0 Å². The molecule has 0 saturated carbocycles. The lowest BCUT2D eigenvalue weighted by Gasteiger charge is -2.10. The van der Waals surface area contributed by atoms with Crippen LogP contribution in [0.4, 0.5) is 5.69 Å². The maximum atomic E-state index is 12.5. The first-order valence-corrected chi connectivity index (χ1v) is 10.1. The Morgan fingerprint density at radius 2 is 1.70 bits per heavy atom. The first kappa shape index (κ1) is 21.3. The molecular formula is C24H28N4O2. The minimum atomic E-state index is -0.152. The SMILES string of the molecule is Cc1cc(C)n(Cc2cccc(CNC(=O)c3ccc(NC(=O)C(C)C)cc3)c2)n1. The van der Waals surface area contributed by atoms with Gasteiger partial charge in [-0.2, -0.15) is 5.10 Å². The van der Waals surface area contributed by atoms with Crippen LogP contribution in [0.5, 0.6) is 0 Å². The number of amides is 2. The fraction of sp³-hybridized carbons (Fsp3) is 0.292. The lowest BCUT2D eigenvalue weighted by Crippen LogP contribution is -2.23. The molecule has 6 nitrogen and oxygen atoms in total. The number of aryl methyl sites for hydroxylation is 2. The number of benzene rings is 2. The molecule has 6 heteroatoms. The lowest BCUT2D eigenvalue weighted by molar-refractivity contribution is -0.118. The standard InChI is InChI=1S/C24H28N4O2/c1-16(2)23(29)26-22-10-8-21(9-11-22)24(30)25-14-19-6-5-7-20(13-19)15-28-18(4)12-17(3)27-28/h5-13,16H,14-15H2,1-4H3,(H,25,30)(H,26,29). The second kappa shape index (κ2) is 9.39. The van der Waals surface area contributed by atoms with Crippen LogP contribution in [0.1, 0.15) is 46.7 Å². The van der Waals surface area contributed by atoms with Crippen molar-refractivity contribution in [3.05, 3.63) is 82.7 Å². The number of hydrogen-bond donors (Lipinski definition) is 2. The van der Waals surface area contributed by atoms with E-state index in [2.05, 4.69) is 33.9 Å². The van der Waals surface area contributed by atoms with Gasteiger partial charge in [0.05, 0.1) is 12.2 Å². The summed E-state index contributed by atoms with van der Waals surface area (Å²) in [5, 5.41) is 10.3. The topological polar surface area (TPSA) is 76.0 Å². The van der Waals surface area contributed by atoms with E-state index in [1.165, 1.54) is 0 Å². The van der Waals surface area contributed by atoms with Gasteiger partial charge in [0.15, 0.2) is 0 Å². The van der Waals surface area contributed by atoms with Crippen molar-refractivity contribution in [2.45, 2.75) is 40.8 Å². The zero-order chi connectivity index (χ0) is 21.7. The highest BCUT2D eigenvalue weighted by Gasteiger charge is 2.09. The molecule has 0 bridgehead atoms. The van der Waals surface area contributed by atoms with Gasteiger partial charge in [-0.25, -0.2) is 0 Å². The van der Waals surface area contributed by atoms with Gasteiger partial charge in [0.2, 0.25) is 5.91 Å². The smallest absolute Gasteiger partial charge is 0.251 e. The van der Waals surface area contributed by atoms with E-state index in [4.69, 9.17) is 0 Å². The minimum Gasteiger partial charge on any atom is -0.348 e. The largest absolute Gasteiger partial charge is 0.348 e. The molecule has 1 aromatic heterocycles. The van der Waals surface area contributed by atoms with Crippen LogP contribution in [-0.4, -0.2) is 21.6 Å². The molecule has 0 aliphatic carbocycles. The molecule has 3 rings (SSSR count). The molecule has 0 atom stereocenters. The van der Waals surface area contributed by atoms with Crippen LogP contribution in [-0.2, 0) is 17.9 Å². The van der Waals surface area contributed by atoms with Gasteiger partial charge in [0, 0.05) is 29.4 Å². The Labute approximate surface area is 177 Å². The molecule has 2 N–H and O–H groups in total. The molecule has 3 aromatic rings. The molecule has 2 amide bonds. The van der Waals surface area contributed by atoms with E-state index in [9.17, 15) is 9.59 Å². The fourth-order valence-corrected chi connectivity index (χ4v) is 3.12. The van der Waals surface area contributed by atoms with Crippen molar-refractivity contribution in [2.24, 2.45) is 5.92 Å². The van der Waals surface area contributed by atoms with Crippen LogP contribution >= 0.6 is 0 Å². The van der Waals surface area contributed by atoms with Gasteiger partial charge in [-0.3, -0.25) is 14.3 Å². The third-order valence-corrected chi connectivity index (χ3v) is 4.82. The average molecular weight is 405 g/mol. The molecule has 1 heterocycles. The quantitative estimate of drug-likeness (QED) is 0.623. The van der Waals surface area contributed by atoms with Crippen LogP contribution in [0.15, 0.2) is 54.6 Å². The highest BCUT2D eigenvalue weighted by molar-refractivity contribution is 5.96. The zero-order valence-electron chi connectivity index (χ0n) is 17.9. The van der Waals surface area contributed by atoms with Gasteiger partial charge >= 0.3 is 0 Å². The number of hydrogen-bond acceptors (Lipinski definition) is 3. The maximum absolute atomic E-state index is 12.5. The van der Waals surface area contributed by atoms with E-state index in [1.807, 2.05) is 44.5 Å². The molecule has 0 radical (unpaired) electrons. The van der Waals surface area contributed by atoms with E-state index in [0.29, 0.717) is 24.3 Å². The van der Waals surface area contributed by atoms with Crippen molar-refractivity contribution >= 4 is 17.5 Å². The van der Waals surface area contributed by atoms with E-state index in [0.717, 1.165) is 22.5 Å². The third kappa shape index (κ3) is 5.56. The summed E-state index contributed by atoms with van der Waals surface area (Å²) in [7, 11) is 0. The van der Waals surface area contributed by atoms with Crippen molar-refractivity contribution in [2.75, 3.05) is 5.32 Å². The van der Waals surface area contributed by atoms with Crippen LogP contribution < -0.4 is 10.6 Å². The minimum absolute atomic E-state index is 0.0486. The molecule has 0 unspecified atom stereocenters. The monoisotopic (exact) mass is 404 g/mol. The number of nitrogens with one attached hydrogen (secondary N) is 2. The van der Waals surface area contributed by atoms with Crippen LogP contribution in [0, 0.1) is 19.8 Å². The Hall–Kier alpha value is -3.41. The molecular weight excluding hydrogens is 376 g/mol. The Bertz CT molecular complexity index is 1040. The number of rotatable bonds is 7. The summed E-state index contributed by atoms with van der Waals surface area (Å²) < 4.78 is 1.98. The van der Waals surface area contributed by atoms with Crippen molar-refractivity contribution in [3.8, 4) is 0 Å². The summed E-state index contributed by atoms with van der Waals surface area (Å²) in [4.78, 5) is 24.2. The van der Waals surface area contributed by atoms with Gasteiger partial charge in [0.1, 0.15) is 0 Å². The van der Waals surface area contributed by atoms with Crippen molar-refractivity contribution in [1.82, 2.24) is 15.1 Å². The molecule has 0 saturated heterocycles. The molecule has 30 heavy (non-hydrogen) atoms. The highest BCUT2D eigenvalue weighted by Crippen LogP contribution is 2.13. The van der Waals surface area contributed by atoms with E-state index >= 15 is 0 Å². The van der Waals surface area contributed by atoms with E-state index in [-0.39, 0.29) is 17.7 Å². The van der Waals surface area contributed by atoms with Gasteiger partial charge in [-0.1, -0.05) is 38.1 Å². The van der Waals surface area contributed by atoms with Crippen molar-refractivity contribution < 1.29 is 9.59 Å². The molecule has 0 fully saturated rings. The Balaban J connectivity index is 1.58. The van der Waals surface area contributed by atoms with Gasteiger partial charge in [-0.15, -0.1) is 0 Å². The summed E-state index contributed by atoms with van der Waals surface area (Å²) in [5.41, 5.74) is 5.53. The van der Waals surface area contributed by atoms with Gasteiger partial charge in [0.25, 0.3) is 5.91 Å². The summed E-state index contributed by atoms with van der Waals surface area (Å²) >= 11 is 0. The number of nitrogens with zero attached hydrogens (tertiary/aromatic N) is 2. The Morgan fingerprint density at radius 3 is 2.33 bits per heavy atom. The molecule has 156 valence electrons. The second-order valence-electron chi connectivity index (χ2n) is 7.81. The number of carbonyl (C=O) groups excluding carboxylic acids is 2. The molecule has 0 spiro atoms. The predicted molar refractivity (Wildman–Crippen MR) is 118 cm³/mol. The van der Waals surface area contributed by atoms with Crippen molar-refractivity contribution in [3.63, 3.8) is 0 Å². The number of aromatic nitrogens is 2. The average Bonchev–Trinajstić information content (AvgIpc) is 3.03. The first-order valence-electron chi connectivity index (χ1n) is 10.1. The first-order chi connectivity index (χ1) is 14.3.